The van der Waals surface area contributed by atoms with E-state index in [0.29, 0.717) is 38.0 Å². The second-order valence-electron chi connectivity index (χ2n) is 23.0. The molecule has 0 bridgehead atoms. The van der Waals surface area contributed by atoms with Crippen molar-refractivity contribution in [1.82, 2.24) is 50.4 Å². The topological polar surface area (TPSA) is 179 Å². The van der Waals surface area contributed by atoms with E-state index in [1.807, 2.05) is 32.3 Å². The molecule has 7 heterocycles. The van der Waals surface area contributed by atoms with Gasteiger partial charge in [-0.05, 0) is 107 Å². The fourth-order valence-electron chi connectivity index (χ4n) is 11.3. The Morgan fingerprint density at radius 2 is 1.72 bits per heavy atom. The SMILES string of the molecule is C=CC=C.CCn1c(-c2cc(N3CCN(C4CC4)CC3)cnc2C(C)OC)c(CC(C)(C)COC(C)=O)c2cc(-c3csc(CC(C=O)NC(=O)C(C(C)C)N4CCCC4Cc4ncccc4F)n3)ccc21.CN1CCCCN1.CNC=O. The lowest BCUT2D eigenvalue weighted by atomic mass is 9.84. The highest BCUT2D eigenvalue weighted by Crippen LogP contribution is 2.43. The predicted molar refractivity (Wildman–Crippen MR) is 332 cm³/mol. The Balaban J connectivity index is 0.000000650. The fourth-order valence-corrected chi connectivity index (χ4v) is 12.2. The molecule has 4 atom stereocenters. The number of rotatable bonds is 22. The monoisotopic (exact) mass is 1160 g/mol. The highest BCUT2D eigenvalue weighted by atomic mass is 32.1. The van der Waals surface area contributed by atoms with Crippen molar-refractivity contribution in [3.8, 4) is 22.5 Å². The number of benzene rings is 1. The molecule has 17 nitrogen and oxygen atoms in total. The lowest BCUT2D eigenvalue weighted by Crippen LogP contribution is -2.54. The van der Waals surface area contributed by atoms with Crippen molar-refractivity contribution in [3.63, 3.8) is 0 Å². The number of hydrogen-bond donors (Lipinski definition) is 3. The van der Waals surface area contributed by atoms with Gasteiger partial charge in [-0.3, -0.25) is 39.6 Å². The molecule has 4 fully saturated rings. The van der Waals surface area contributed by atoms with Crippen LogP contribution in [0, 0.1) is 17.2 Å². The summed E-state index contributed by atoms with van der Waals surface area (Å²) in [5.74, 6) is -0.901. The van der Waals surface area contributed by atoms with Crippen LogP contribution in [0.15, 0.2) is 79.5 Å². The molecule has 3 aliphatic heterocycles. The van der Waals surface area contributed by atoms with Crippen LogP contribution in [-0.4, -0.2) is 157 Å². The molecule has 0 spiro atoms. The first kappa shape index (κ1) is 65.9. The number of methoxy groups -OCH3 is 1. The summed E-state index contributed by atoms with van der Waals surface area (Å²) in [5, 5.41) is 11.3. The van der Waals surface area contributed by atoms with Gasteiger partial charge >= 0.3 is 5.97 Å². The Morgan fingerprint density at radius 3 is 2.30 bits per heavy atom. The zero-order valence-corrected chi connectivity index (χ0v) is 51.7. The van der Waals surface area contributed by atoms with Gasteiger partial charge in [-0.25, -0.2) is 14.4 Å². The number of aldehydes is 1. The van der Waals surface area contributed by atoms with Crippen molar-refractivity contribution in [1.29, 1.82) is 0 Å². The lowest BCUT2D eigenvalue weighted by Gasteiger charge is -2.36. The zero-order valence-electron chi connectivity index (χ0n) is 50.9. The smallest absolute Gasteiger partial charge is 0.302 e. The highest BCUT2D eigenvalue weighted by molar-refractivity contribution is 7.10. The standard InChI is InChI=1S/C53H69FN8O5S.C5H12N2.C4H6.C2H5NO/c1-9-61-47-17-14-36(46-31-68-48(58-46)25-37(30-63)57-52(65)50(33(2)3)62-19-11-12-39(62)27-45-44(54)13-10-18-55-45)24-41(47)43(28-53(6,7)32-67-35(5)64)51(61)42-26-40(29-56-49(42)34(4)66-8)60-22-20-59(21-23-60)38-15-16-38;1-7-5-3-2-4-6-7;1-3-4-2;1-3-2-4/h10,13-14,17-18,24,26,29-31,33-34,37-39,50H,9,11-12,15-16,19-23,25,27-28,32H2,1-8H3,(H,57,65);6H,2-5H2,1H3;3-4H,1-2H2;2H,1H3,(H,3,4). The molecule has 452 valence electrons. The number of carbonyl (C=O) groups is 4. The summed E-state index contributed by atoms with van der Waals surface area (Å²) in [4.78, 5) is 69.6. The third-order valence-corrected chi connectivity index (χ3v) is 16.6. The van der Waals surface area contributed by atoms with Crippen molar-refractivity contribution in [2.45, 2.75) is 143 Å². The third kappa shape index (κ3) is 18.4. The number of allylic oxidation sites excluding steroid dienone is 2. The number of hydrogen-bond acceptors (Lipinski definition) is 15. The molecule has 83 heavy (non-hydrogen) atoms. The summed E-state index contributed by atoms with van der Waals surface area (Å²) in [7, 11) is 5.37. The number of amides is 2. The molecule has 19 heteroatoms. The van der Waals surface area contributed by atoms with Crippen molar-refractivity contribution in [2.75, 3.05) is 78.5 Å². The molecule has 1 aromatic carbocycles. The van der Waals surface area contributed by atoms with E-state index in [1.54, 1.807) is 38.6 Å². The van der Waals surface area contributed by atoms with Gasteiger partial charge in [-0.15, -0.1) is 11.3 Å². The second kappa shape index (κ2) is 32.2. The highest BCUT2D eigenvalue weighted by Gasteiger charge is 2.38. The van der Waals surface area contributed by atoms with Crippen LogP contribution < -0.4 is 21.0 Å². The van der Waals surface area contributed by atoms with Crippen molar-refractivity contribution < 1.29 is 33.0 Å². The number of fused-ring (bicyclic) bond motifs is 1. The van der Waals surface area contributed by atoms with Gasteiger partial charge in [0, 0.05) is 138 Å². The van der Waals surface area contributed by atoms with Gasteiger partial charge in [-0.1, -0.05) is 59.1 Å². The van der Waals surface area contributed by atoms with E-state index in [-0.39, 0.29) is 48.8 Å². The van der Waals surface area contributed by atoms with Crippen molar-refractivity contribution >= 4 is 52.5 Å². The lowest BCUT2D eigenvalue weighted by molar-refractivity contribution is -0.144. The summed E-state index contributed by atoms with van der Waals surface area (Å²) in [6, 6.07) is 11.2. The Morgan fingerprint density at radius 1 is 0.988 bits per heavy atom. The maximum absolute atomic E-state index is 14.6. The van der Waals surface area contributed by atoms with E-state index in [4.69, 9.17) is 24.2 Å². The normalized spacial score (nSPS) is 17.8. The van der Waals surface area contributed by atoms with E-state index >= 15 is 0 Å². The first-order chi connectivity index (χ1) is 39.9. The molecular weight excluding hydrogens is 1070 g/mol. The molecule has 1 saturated carbocycles. The molecule has 3 saturated heterocycles. The van der Waals surface area contributed by atoms with E-state index in [0.717, 1.165) is 113 Å². The quantitative estimate of drug-likeness (QED) is 0.0339. The first-order valence-electron chi connectivity index (χ1n) is 29.6. The van der Waals surface area contributed by atoms with Gasteiger partial charge < -0.3 is 34.4 Å². The number of halogens is 1. The third-order valence-electron chi connectivity index (χ3n) is 15.7. The van der Waals surface area contributed by atoms with Gasteiger partial charge in [0.1, 0.15) is 12.1 Å². The molecule has 0 radical (unpaired) electrons. The van der Waals surface area contributed by atoms with Crippen molar-refractivity contribution in [3.05, 3.63) is 107 Å². The Hall–Kier alpha value is -6.22. The fraction of sp³-hybridized carbons (Fsp3) is 0.547. The van der Waals surface area contributed by atoms with Crippen LogP contribution in [0.25, 0.3) is 33.4 Å². The summed E-state index contributed by atoms with van der Waals surface area (Å²) in [6.45, 7) is 28.7. The van der Waals surface area contributed by atoms with E-state index < -0.39 is 17.5 Å². The van der Waals surface area contributed by atoms with Gasteiger partial charge in [0.25, 0.3) is 0 Å². The summed E-state index contributed by atoms with van der Waals surface area (Å²) >= 11 is 1.47. The van der Waals surface area contributed by atoms with Crippen molar-refractivity contribution in [2.24, 2.45) is 11.3 Å². The maximum atomic E-state index is 14.6. The number of esters is 1. The number of aromatic nitrogens is 4. The molecule has 2 amide bonds. The number of nitrogens with one attached hydrogen (secondary N) is 3. The van der Waals surface area contributed by atoms with Crippen LogP contribution >= 0.6 is 11.3 Å². The van der Waals surface area contributed by atoms with E-state index in [2.05, 4.69) is 111 Å². The van der Waals surface area contributed by atoms with Gasteiger partial charge in [0.05, 0.1) is 64.5 Å². The molecule has 3 N–H and O–H groups in total. The molecule has 4 aromatic heterocycles. The minimum atomic E-state index is -0.776. The summed E-state index contributed by atoms with van der Waals surface area (Å²) in [6.07, 6.45) is 16.4. The van der Waals surface area contributed by atoms with Crippen LogP contribution in [0.1, 0.15) is 115 Å². The van der Waals surface area contributed by atoms with Crippen LogP contribution in [0.2, 0.25) is 0 Å². The van der Waals surface area contributed by atoms with Gasteiger partial charge in [0.15, 0.2) is 0 Å². The number of pyridine rings is 2. The molecule has 4 aliphatic rings. The number of anilines is 1. The molecule has 1 aliphatic carbocycles. The average Bonchev–Trinajstić information content (AvgIpc) is 4.20. The Bertz CT molecular complexity index is 2900. The zero-order chi connectivity index (χ0) is 60.2. The number of carbonyl (C=O) groups excluding carboxylic acids is 4. The number of piperazine rings is 1. The number of thiazole rings is 1. The maximum Gasteiger partial charge on any atom is 0.302 e. The molecule has 9 rings (SSSR count). The Labute approximate surface area is 496 Å². The summed E-state index contributed by atoms with van der Waals surface area (Å²) < 4.78 is 28.6. The number of hydrazine groups is 1. The number of ether oxygens (including phenoxy) is 2. The minimum absolute atomic E-state index is 0.0347. The molecular formula is C64H92FN11O6S. The van der Waals surface area contributed by atoms with Gasteiger partial charge in [-0.2, -0.15) is 0 Å². The minimum Gasteiger partial charge on any atom is -0.465 e. The molecule has 5 aromatic rings. The first-order valence-corrected chi connectivity index (χ1v) is 30.4. The van der Waals surface area contributed by atoms with Crippen LogP contribution in [-0.2, 0) is 54.5 Å². The van der Waals surface area contributed by atoms with Gasteiger partial charge in [0.2, 0.25) is 12.3 Å². The van der Waals surface area contributed by atoms with E-state index in [1.165, 1.54) is 56.6 Å². The number of likely N-dealkylation sites (tertiary alicyclic amines) is 1. The summed E-state index contributed by atoms with van der Waals surface area (Å²) in [5.41, 5.74) is 11.2. The largest absolute Gasteiger partial charge is 0.465 e. The number of aryl methyl sites for hydroxylation is 1. The molecule has 4 unspecified atom stereocenters. The van der Waals surface area contributed by atoms with E-state index in [9.17, 15) is 18.8 Å². The van der Waals surface area contributed by atoms with Crippen LogP contribution in [0.4, 0.5) is 10.1 Å². The average molecular weight is 1160 g/mol. The predicted octanol–water partition coefficient (Wildman–Crippen LogP) is 9.40. The number of nitrogens with zero attached hydrogens (tertiary/aromatic N) is 8. The Kier molecular flexibility index (Phi) is 25.5. The van der Waals surface area contributed by atoms with Crippen LogP contribution in [0.5, 0.6) is 0 Å². The second-order valence-corrected chi connectivity index (χ2v) is 24.0. The van der Waals surface area contributed by atoms with Crippen LogP contribution in [0.3, 0.4) is 0 Å².